The Bertz CT molecular complexity index is 225. The Morgan fingerprint density at radius 2 is 2.00 bits per heavy atom. The topological polar surface area (TPSA) is 26.0 Å². The van der Waals surface area contributed by atoms with Crippen LogP contribution in [0.4, 0.5) is 0 Å². The van der Waals surface area contributed by atoms with Crippen LogP contribution in [0.2, 0.25) is 24.7 Å². The van der Waals surface area contributed by atoms with Crippen LogP contribution in [-0.4, -0.2) is 14.6 Å². The van der Waals surface area contributed by atoms with E-state index in [1.165, 1.54) is 6.42 Å². The fraction of sp³-hybridized carbons (Fsp3) is 0.636. The molecule has 1 aliphatic carbocycles. The van der Waals surface area contributed by atoms with Gasteiger partial charge in [-0.15, -0.1) is 0 Å². The molecule has 0 spiro atoms. The molecular formula is C11H21NSi. The van der Waals surface area contributed by atoms with Crippen molar-refractivity contribution in [3.05, 3.63) is 24.3 Å². The van der Waals surface area contributed by atoms with Gasteiger partial charge in [-0.3, -0.25) is 0 Å². The van der Waals surface area contributed by atoms with E-state index in [4.69, 9.17) is 5.73 Å². The maximum absolute atomic E-state index is 5.71. The second-order valence-electron chi connectivity index (χ2n) is 4.94. The van der Waals surface area contributed by atoms with Crippen LogP contribution in [-0.2, 0) is 0 Å². The highest BCUT2D eigenvalue weighted by molar-refractivity contribution is 6.79. The lowest BCUT2D eigenvalue weighted by Gasteiger charge is -2.42. The number of hydrogen-bond acceptors (Lipinski definition) is 1. The van der Waals surface area contributed by atoms with Gasteiger partial charge in [0.2, 0.25) is 0 Å². The molecule has 0 aromatic carbocycles. The molecule has 0 saturated carbocycles. The summed E-state index contributed by atoms with van der Waals surface area (Å²) in [4.78, 5) is 0. The molecule has 0 aromatic heterocycles. The Kier molecular flexibility index (Phi) is 3.14. The molecule has 0 bridgehead atoms. The standard InChI is InChI=1S/C11H21NSi/c1-13(2,3)11(9-10-12)7-5-4-6-8-11/h4-7H,8-10,12H2,1-3H3. The molecule has 1 nitrogen and oxygen atoms in total. The third-order valence-corrected chi connectivity index (χ3v) is 6.84. The quantitative estimate of drug-likeness (QED) is 0.689. The van der Waals surface area contributed by atoms with E-state index in [0.717, 1.165) is 13.0 Å². The number of allylic oxidation sites excluding steroid dienone is 4. The summed E-state index contributed by atoms with van der Waals surface area (Å²) in [7, 11) is -1.15. The molecule has 13 heavy (non-hydrogen) atoms. The molecule has 0 fully saturated rings. The molecule has 1 rings (SSSR count). The Balaban J connectivity index is 2.88. The molecule has 0 radical (unpaired) electrons. The van der Waals surface area contributed by atoms with Crippen LogP contribution in [0.1, 0.15) is 12.8 Å². The largest absolute Gasteiger partial charge is 0.330 e. The first-order valence-corrected chi connectivity index (χ1v) is 8.56. The van der Waals surface area contributed by atoms with Crippen LogP contribution in [0.5, 0.6) is 0 Å². The third kappa shape index (κ3) is 2.12. The summed E-state index contributed by atoms with van der Waals surface area (Å²) in [5.41, 5.74) is 5.71. The van der Waals surface area contributed by atoms with Gasteiger partial charge < -0.3 is 5.73 Å². The number of rotatable bonds is 3. The molecule has 1 aliphatic rings. The summed E-state index contributed by atoms with van der Waals surface area (Å²) in [5, 5.41) is 0.413. The summed E-state index contributed by atoms with van der Waals surface area (Å²) < 4.78 is 0. The van der Waals surface area contributed by atoms with Gasteiger partial charge in [-0.25, -0.2) is 0 Å². The Hall–Kier alpha value is -0.343. The number of hydrogen-bond donors (Lipinski definition) is 1. The van der Waals surface area contributed by atoms with Gasteiger partial charge in [0.05, 0.1) is 8.07 Å². The molecule has 0 aromatic rings. The highest BCUT2D eigenvalue weighted by atomic mass is 28.3. The van der Waals surface area contributed by atoms with Crippen molar-refractivity contribution in [1.29, 1.82) is 0 Å². The van der Waals surface area contributed by atoms with Crippen LogP contribution in [0, 0.1) is 0 Å². The highest BCUT2D eigenvalue weighted by Gasteiger charge is 2.39. The summed E-state index contributed by atoms with van der Waals surface area (Å²) in [5.74, 6) is 0. The molecular weight excluding hydrogens is 174 g/mol. The second-order valence-corrected chi connectivity index (χ2v) is 10.4. The lowest BCUT2D eigenvalue weighted by molar-refractivity contribution is 0.601. The smallest absolute Gasteiger partial charge is 0.0553 e. The zero-order valence-electron chi connectivity index (χ0n) is 9.01. The van der Waals surface area contributed by atoms with Gasteiger partial charge in [-0.05, 0) is 24.4 Å². The van der Waals surface area contributed by atoms with Gasteiger partial charge in [0.15, 0.2) is 0 Å². The summed E-state index contributed by atoms with van der Waals surface area (Å²) in [6, 6.07) is 0. The van der Waals surface area contributed by atoms with Gasteiger partial charge in [0.1, 0.15) is 0 Å². The van der Waals surface area contributed by atoms with Gasteiger partial charge in [0.25, 0.3) is 0 Å². The van der Waals surface area contributed by atoms with E-state index >= 15 is 0 Å². The lowest BCUT2D eigenvalue weighted by Crippen LogP contribution is -2.40. The van der Waals surface area contributed by atoms with E-state index in [0.29, 0.717) is 5.04 Å². The van der Waals surface area contributed by atoms with E-state index in [1.807, 2.05) is 0 Å². The van der Waals surface area contributed by atoms with Crippen molar-refractivity contribution in [2.45, 2.75) is 37.5 Å². The minimum absolute atomic E-state index is 0.413. The van der Waals surface area contributed by atoms with Crippen molar-refractivity contribution in [3.63, 3.8) is 0 Å². The Morgan fingerprint density at radius 1 is 1.31 bits per heavy atom. The lowest BCUT2D eigenvalue weighted by atomic mass is 9.96. The van der Waals surface area contributed by atoms with Crippen molar-refractivity contribution in [3.8, 4) is 0 Å². The van der Waals surface area contributed by atoms with Crippen molar-refractivity contribution in [2.24, 2.45) is 5.73 Å². The summed E-state index contributed by atoms with van der Waals surface area (Å²) in [6.45, 7) is 8.12. The predicted molar refractivity (Wildman–Crippen MR) is 62.6 cm³/mol. The van der Waals surface area contributed by atoms with E-state index < -0.39 is 8.07 Å². The average Bonchev–Trinajstić information content (AvgIpc) is 2.04. The molecule has 0 heterocycles. The highest BCUT2D eigenvalue weighted by Crippen LogP contribution is 2.47. The van der Waals surface area contributed by atoms with Crippen LogP contribution >= 0.6 is 0 Å². The Labute approximate surface area is 82.7 Å². The number of nitrogens with two attached hydrogens (primary N) is 1. The van der Waals surface area contributed by atoms with E-state index in [2.05, 4.69) is 43.9 Å². The minimum atomic E-state index is -1.15. The molecule has 2 heteroatoms. The zero-order valence-corrected chi connectivity index (χ0v) is 10.0. The third-order valence-electron chi connectivity index (χ3n) is 3.23. The fourth-order valence-corrected chi connectivity index (χ4v) is 4.26. The first-order valence-electron chi connectivity index (χ1n) is 5.06. The zero-order chi connectivity index (χ0) is 9.95. The van der Waals surface area contributed by atoms with Gasteiger partial charge >= 0.3 is 0 Å². The van der Waals surface area contributed by atoms with Crippen molar-refractivity contribution >= 4 is 8.07 Å². The molecule has 0 aliphatic heterocycles. The van der Waals surface area contributed by atoms with Crippen LogP contribution in [0.25, 0.3) is 0 Å². The van der Waals surface area contributed by atoms with Crippen LogP contribution < -0.4 is 5.73 Å². The van der Waals surface area contributed by atoms with Crippen LogP contribution in [0.15, 0.2) is 24.3 Å². The molecule has 1 atom stereocenters. The maximum Gasteiger partial charge on any atom is 0.0553 e. The van der Waals surface area contributed by atoms with E-state index in [1.54, 1.807) is 0 Å². The predicted octanol–water partition coefficient (Wildman–Crippen LogP) is 2.93. The van der Waals surface area contributed by atoms with E-state index in [9.17, 15) is 0 Å². The van der Waals surface area contributed by atoms with Crippen molar-refractivity contribution in [2.75, 3.05) is 6.54 Å². The monoisotopic (exact) mass is 195 g/mol. The molecule has 74 valence electrons. The first kappa shape index (κ1) is 10.7. The van der Waals surface area contributed by atoms with Gasteiger partial charge in [0, 0.05) is 0 Å². The van der Waals surface area contributed by atoms with Gasteiger partial charge in [-0.2, -0.15) is 0 Å². The molecule has 0 saturated heterocycles. The van der Waals surface area contributed by atoms with Crippen molar-refractivity contribution in [1.82, 2.24) is 0 Å². The maximum atomic E-state index is 5.71. The SMILES string of the molecule is C[Si](C)(C)C1(CCN)C=CC=CC1. The molecule has 0 amide bonds. The first-order chi connectivity index (χ1) is 6.02. The second kappa shape index (κ2) is 3.80. The van der Waals surface area contributed by atoms with Crippen molar-refractivity contribution < 1.29 is 0 Å². The minimum Gasteiger partial charge on any atom is -0.330 e. The fourth-order valence-electron chi connectivity index (χ4n) is 2.04. The van der Waals surface area contributed by atoms with E-state index in [-0.39, 0.29) is 0 Å². The average molecular weight is 195 g/mol. The normalized spacial score (nSPS) is 28.0. The molecule has 1 unspecified atom stereocenters. The van der Waals surface area contributed by atoms with Gasteiger partial charge in [-0.1, -0.05) is 43.9 Å². The molecule has 2 N–H and O–H groups in total. The van der Waals surface area contributed by atoms with Crippen LogP contribution in [0.3, 0.4) is 0 Å². The summed E-state index contributed by atoms with van der Waals surface area (Å²) >= 11 is 0. The Morgan fingerprint density at radius 3 is 2.38 bits per heavy atom. The summed E-state index contributed by atoms with van der Waals surface area (Å²) in [6.07, 6.45) is 11.4.